The zero-order valence-electron chi connectivity index (χ0n) is 13.2. The lowest BCUT2D eigenvalue weighted by Crippen LogP contribution is -2.48. The van der Waals surface area contributed by atoms with Crippen molar-refractivity contribution in [1.82, 2.24) is 5.32 Å². The van der Waals surface area contributed by atoms with Crippen LogP contribution in [0.2, 0.25) is 0 Å². The third-order valence-corrected chi connectivity index (χ3v) is 4.32. The maximum absolute atomic E-state index is 12.1. The summed E-state index contributed by atoms with van der Waals surface area (Å²) in [5.41, 5.74) is 0.721. The van der Waals surface area contributed by atoms with E-state index in [-0.39, 0.29) is 24.2 Å². The first-order valence-electron chi connectivity index (χ1n) is 8.29. The molecule has 0 radical (unpaired) electrons. The minimum Gasteiger partial charge on any atom is -0.488 e. The highest BCUT2D eigenvalue weighted by atomic mass is 16.5. The molecule has 1 aromatic rings. The van der Waals surface area contributed by atoms with Crippen molar-refractivity contribution in [2.75, 3.05) is 25.1 Å². The molecular formula is C17H24N2O4. The summed E-state index contributed by atoms with van der Waals surface area (Å²) in [6, 6.07) is 6.96. The van der Waals surface area contributed by atoms with Crippen LogP contribution in [0, 0.1) is 0 Å². The molecule has 1 saturated heterocycles. The van der Waals surface area contributed by atoms with Crippen molar-refractivity contribution in [1.29, 1.82) is 0 Å². The van der Waals surface area contributed by atoms with Gasteiger partial charge in [-0.05, 0) is 43.5 Å². The van der Waals surface area contributed by atoms with Crippen molar-refractivity contribution in [2.45, 2.75) is 43.9 Å². The van der Waals surface area contributed by atoms with E-state index in [2.05, 4.69) is 10.6 Å². The van der Waals surface area contributed by atoms with Gasteiger partial charge in [-0.2, -0.15) is 0 Å². The second-order valence-electron chi connectivity index (χ2n) is 6.10. The number of rotatable bonds is 4. The zero-order chi connectivity index (χ0) is 16.1. The summed E-state index contributed by atoms with van der Waals surface area (Å²) in [6.07, 6.45) is 3.31. The first-order chi connectivity index (χ1) is 11.2. The molecule has 6 heteroatoms. The number of amides is 1. The first kappa shape index (κ1) is 16.2. The molecular weight excluding hydrogens is 296 g/mol. The molecule has 0 spiro atoms. The molecule has 1 amide bonds. The minimum atomic E-state index is -0.388. The van der Waals surface area contributed by atoms with Gasteiger partial charge in [0.05, 0.1) is 19.3 Å². The third-order valence-electron chi connectivity index (χ3n) is 4.32. The van der Waals surface area contributed by atoms with Crippen LogP contribution in [0.15, 0.2) is 24.3 Å². The van der Waals surface area contributed by atoms with E-state index in [0.29, 0.717) is 25.5 Å². The molecule has 3 unspecified atom stereocenters. The Hall–Kier alpha value is -1.63. The number of ether oxygens (including phenoxy) is 2. The van der Waals surface area contributed by atoms with Gasteiger partial charge in [-0.25, -0.2) is 0 Å². The molecule has 2 aliphatic rings. The van der Waals surface area contributed by atoms with Crippen molar-refractivity contribution >= 4 is 11.6 Å². The van der Waals surface area contributed by atoms with Crippen LogP contribution in [0.1, 0.15) is 25.7 Å². The number of hydrogen-bond donors (Lipinski definition) is 3. The number of benzene rings is 1. The van der Waals surface area contributed by atoms with E-state index in [1.807, 2.05) is 24.3 Å². The van der Waals surface area contributed by atoms with Gasteiger partial charge in [0, 0.05) is 12.2 Å². The predicted molar refractivity (Wildman–Crippen MR) is 86.6 cm³/mol. The quantitative estimate of drug-likeness (QED) is 0.779. The van der Waals surface area contributed by atoms with Gasteiger partial charge >= 0.3 is 0 Å². The highest BCUT2D eigenvalue weighted by Gasteiger charge is 2.25. The smallest absolute Gasteiger partial charge is 0.243 e. The Balaban J connectivity index is 1.53. The summed E-state index contributed by atoms with van der Waals surface area (Å²) < 4.78 is 11.1. The molecule has 126 valence electrons. The standard InChI is InChI=1S/C17H24N2O4/c20-15-3-1-2-4-16(15)23-13-7-5-12(6-8-13)19-17(21)14-11-22-10-9-18-14/h5-8,14-16,18,20H,1-4,9-11H2,(H,19,21). The van der Waals surface area contributed by atoms with Gasteiger partial charge in [0.1, 0.15) is 17.9 Å². The number of aliphatic hydroxyl groups excluding tert-OH is 1. The number of hydrogen-bond acceptors (Lipinski definition) is 5. The average Bonchev–Trinajstić information content (AvgIpc) is 2.59. The molecule has 3 N–H and O–H groups in total. The summed E-state index contributed by atoms with van der Waals surface area (Å²) in [5, 5.41) is 15.9. The van der Waals surface area contributed by atoms with Crippen LogP contribution in [0.5, 0.6) is 5.75 Å². The molecule has 23 heavy (non-hydrogen) atoms. The van der Waals surface area contributed by atoms with Crippen LogP contribution in [-0.2, 0) is 9.53 Å². The summed E-state index contributed by atoms with van der Waals surface area (Å²) in [4.78, 5) is 12.1. The van der Waals surface area contributed by atoms with Crippen LogP contribution in [0.25, 0.3) is 0 Å². The normalized spacial score (nSPS) is 28.1. The molecule has 1 aliphatic heterocycles. The predicted octanol–water partition coefficient (Wildman–Crippen LogP) is 1.30. The topological polar surface area (TPSA) is 79.8 Å². The Morgan fingerprint density at radius 1 is 1.26 bits per heavy atom. The van der Waals surface area contributed by atoms with Gasteiger partial charge < -0.3 is 25.2 Å². The highest BCUT2D eigenvalue weighted by Crippen LogP contribution is 2.24. The summed E-state index contributed by atoms with van der Waals surface area (Å²) in [5.74, 6) is 0.620. The van der Waals surface area contributed by atoms with Crippen molar-refractivity contribution < 1.29 is 19.4 Å². The van der Waals surface area contributed by atoms with E-state index in [0.717, 1.165) is 31.4 Å². The maximum atomic E-state index is 12.1. The maximum Gasteiger partial charge on any atom is 0.243 e. The first-order valence-corrected chi connectivity index (χ1v) is 8.29. The highest BCUT2D eigenvalue weighted by molar-refractivity contribution is 5.95. The Labute approximate surface area is 136 Å². The zero-order valence-corrected chi connectivity index (χ0v) is 13.2. The van der Waals surface area contributed by atoms with E-state index >= 15 is 0 Å². The van der Waals surface area contributed by atoms with Crippen LogP contribution in [0.4, 0.5) is 5.69 Å². The van der Waals surface area contributed by atoms with Gasteiger partial charge in [-0.15, -0.1) is 0 Å². The molecule has 3 atom stereocenters. The molecule has 1 aromatic carbocycles. The second kappa shape index (κ2) is 7.77. The third kappa shape index (κ3) is 4.43. The molecule has 1 heterocycles. The minimum absolute atomic E-state index is 0.0962. The van der Waals surface area contributed by atoms with Crippen LogP contribution >= 0.6 is 0 Å². The van der Waals surface area contributed by atoms with Gasteiger partial charge in [0.2, 0.25) is 5.91 Å². The lowest BCUT2D eigenvalue weighted by atomic mass is 9.95. The van der Waals surface area contributed by atoms with Gasteiger partial charge in [0.15, 0.2) is 0 Å². The number of carbonyl (C=O) groups is 1. The fourth-order valence-electron chi connectivity index (χ4n) is 2.97. The van der Waals surface area contributed by atoms with Crippen molar-refractivity contribution in [3.63, 3.8) is 0 Å². The Morgan fingerprint density at radius 3 is 2.74 bits per heavy atom. The number of aliphatic hydroxyl groups is 1. The lowest BCUT2D eigenvalue weighted by Gasteiger charge is -2.28. The summed E-state index contributed by atoms with van der Waals surface area (Å²) in [6.45, 7) is 1.73. The van der Waals surface area contributed by atoms with Gasteiger partial charge in [-0.3, -0.25) is 4.79 Å². The van der Waals surface area contributed by atoms with E-state index in [1.54, 1.807) is 0 Å². The van der Waals surface area contributed by atoms with Crippen molar-refractivity contribution in [3.8, 4) is 5.75 Å². The van der Waals surface area contributed by atoms with Gasteiger partial charge in [0.25, 0.3) is 0 Å². The second-order valence-corrected chi connectivity index (χ2v) is 6.10. The Morgan fingerprint density at radius 2 is 2.04 bits per heavy atom. The van der Waals surface area contributed by atoms with E-state index in [1.165, 1.54) is 0 Å². The fourth-order valence-corrected chi connectivity index (χ4v) is 2.97. The molecule has 3 rings (SSSR count). The lowest BCUT2D eigenvalue weighted by molar-refractivity contribution is -0.120. The van der Waals surface area contributed by atoms with Crippen molar-refractivity contribution in [3.05, 3.63) is 24.3 Å². The van der Waals surface area contributed by atoms with Crippen LogP contribution in [-0.4, -0.2) is 49.0 Å². The largest absolute Gasteiger partial charge is 0.488 e. The molecule has 6 nitrogen and oxygen atoms in total. The SMILES string of the molecule is O=C(Nc1ccc(OC2CCCCC2O)cc1)C1COCCN1. The Bertz CT molecular complexity index is 514. The molecule has 1 aliphatic carbocycles. The molecule has 0 bridgehead atoms. The Kier molecular flexibility index (Phi) is 5.48. The summed E-state index contributed by atoms with van der Waals surface area (Å²) >= 11 is 0. The van der Waals surface area contributed by atoms with Crippen LogP contribution in [0.3, 0.4) is 0 Å². The number of carbonyl (C=O) groups excluding carboxylic acids is 1. The van der Waals surface area contributed by atoms with Gasteiger partial charge in [-0.1, -0.05) is 6.42 Å². The summed E-state index contributed by atoms with van der Waals surface area (Å²) in [7, 11) is 0. The molecule has 2 fully saturated rings. The molecule has 0 aromatic heterocycles. The number of anilines is 1. The van der Waals surface area contributed by atoms with Crippen LogP contribution < -0.4 is 15.4 Å². The molecule has 1 saturated carbocycles. The van der Waals surface area contributed by atoms with E-state index < -0.39 is 0 Å². The number of morpholine rings is 1. The monoisotopic (exact) mass is 320 g/mol. The van der Waals surface area contributed by atoms with E-state index in [9.17, 15) is 9.90 Å². The van der Waals surface area contributed by atoms with Crippen molar-refractivity contribution in [2.24, 2.45) is 0 Å². The number of nitrogens with one attached hydrogen (secondary N) is 2. The average molecular weight is 320 g/mol. The fraction of sp³-hybridized carbons (Fsp3) is 0.588. The van der Waals surface area contributed by atoms with E-state index in [4.69, 9.17) is 9.47 Å².